The molecule has 0 radical (unpaired) electrons. The van der Waals surface area contributed by atoms with Gasteiger partial charge >= 0.3 is 40.0 Å². The fourth-order valence-corrected chi connectivity index (χ4v) is 12.3. The minimum atomic E-state index is -5.43. The molecule has 0 spiro atoms. The van der Waals surface area contributed by atoms with E-state index in [1.165, 1.54) is 24.3 Å². The average molecular weight is 1290 g/mol. The molecule has 0 bridgehead atoms. The molecule has 0 saturated heterocycles. The van der Waals surface area contributed by atoms with Crippen LogP contribution in [0.1, 0.15) is 110 Å². The Hall–Kier alpha value is -9.52. The topological polar surface area (TPSA) is 483 Å². The number of unbranched alkanes of at least 4 members (excludes halogenated alkanes) is 3. The molecule has 4 aromatic rings. The van der Waals surface area contributed by atoms with E-state index in [2.05, 4.69) is 31.9 Å². The number of amides is 6. The number of carboxylic acid groups (broad SMARTS) is 4. The first-order chi connectivity index (χ1) is 42.6. The number of carboxylic acids is 4. The fourth-order valence-electron chi connectivity index (χ4n) is 10.8. The highest BCUT2D eigenvalue weighted by Gasteiger charge is 2.34. The van der Waals surface area contributed by atoms with Gasteiger partial charge in [-0.15, -0.1) is 0 Å². The molecule has 30 heteroatoms. The molecule has 1 aliphatic heterocycles. The zero-order valence-electron chi connectivity index (χ0n) is 48.3. The number of hydrogen-bond acceptors (Lipinski definition) is 16. The van der Waals surface area contributed by atoms with E-state index in [1.54, 1.807) is 0 Å². The Morgan fingerprint density at radius 3 is 1.98 bits per heavy atom. The van der Waals surface area contributed by atoms with Crippen LogP contribution in [0.4, 0.5) is 10.5 Å². The van der Waals surface area contributed by atoms with E-state index in [9.17, 15) is 84.4 Å². The average Bonchev–Trinajstić information content (AvgIpc) is 0.727. The van der Waals surface area contributed by atoms with Crippen molar-refractivity contribution in [2.24, 2.45) is 11.8 Å². The summed E-state index contributed by atoms with van der Waals surface area (Å²) in [5.74, 6) is -8.39. The van der Waals surface area contributed by atoms with Gasteiger partial charge in [0, 0.05) is 73.0 Å². The van der Waals surface area contributed by atoms with E-state index in [1.807, 2.05) is 42.5 Å². The number of rotatable bonds is 30. The van der Waals surface area contributed by atoms with Crippen LogP contribution in [0.15, 0.2) is 99.1 Å². The maximum Gasteiger partial charge on any atom is 0.336 e. The molecule has 6 amide bonds. The zero-order chi connectivity index (χ0) is 65.6. The standard InChI is InChI=1S/C60H68N8O20S2/c61-42-22-20-39-49(40-21-23-43(62)53(90(85,86)87)51(40)88-50(39)52(42)89(82,83)84)38-19-18-37(30-41(38)57(75)76)54(72)63-26-6-1-2-11-47(69)65-31-32-12-16-35(17-13-32)55(73)66-46(29-33-14-15-34-8-3-4-9-36(34)28-33)56(74)64-27-7-5-10-44(58(77)78)67-60(81)68-45(59(79)80)24-25-48(70)71/h3-4,8-9,14-15,18-23,28,30,32,35,44-46,61H,1-2,5-7,10-13,16-17,24-27,29,31,62H2,(H,63,72)(H,64,74)(H,65,69)(H,66,73)(H,70,71)(H,75,76)(H,77,78)(H,79,80)(H2,67,68,81)(H,82,83,84)(H,85,86,87)/t32?,35?,44-,45-,46-/m0/s1. The number of nitrogen functional groups attached to an aromatic ring is 1. The fraction of sp³-hybridized carbons (Fsp3) is 0.367. The van der Waals surface area contributed by atoms with Crippen LogP contribution in [-0.2, 0) is 55.4 Å². The van der Waals surface area contributed by atoms with Gasteiger partial charge in [-0.1, -0.05) is 55.0 Å². The van der Waals surface area contributed by atoms with Gasteiger partial charge in [-0.05, 0) is 122 Å². The van der Waals surface area contributed by atoms with Crippen molar-refractivity contribution in [2.75, 3.05) is 25.4 Å². The van der Waals surface area contributed by atoms with Crippen LogP contribution in [0.2, 0.25) is 0 Å². The molecule has 90 heavy (non-hydrogen) atoms. The van der Waals surface area contributed by atoms with Crippen LogP contribution in [0.5, 0.6) is 0 Å². The molecule has 4 aromatic carbocycles. The minimum absolute atomic E-state index is 0.0855. The lowest BCUT2D eigenvalue weighted by atomic mass is 9.81. The van der Waals surface area contributed by atoms with Crippen molar-refractivity contribution < 1.29 is 99.3 Å². The van der Waals surface area contributed by atoms with Gasteiger partial charge in [0.1, 0.15) is 33.1 Å². The van der Waals surface area contributed by atoms with Crippen molar-refractivity contribution in [1.29, 1.82) is 0 Å². The van der Waals surface area contributed by atoms with Crippen LogP contribution >= 0.6 is 0 Å². The van der Waals surface area contributed by atoms with E-state index in [4.69, 9.17) is 20.7 Å². The van der Waals surface area contributed by atoms with Crippen molar-refractivity contribution in [3.8, 4) is 22.5 Å². The third-order valence-corrected chi connectivity index (χ3v) is 17.3. The molecule has 2 aliphatic carbocycles. The number of hydrogen-bond donors (Lipinski definition) is 13. The number of carbonyl (C=O) groups is 9. The number of fused-ring (bicyclic) bond motifs is 3. The van der Waals surface area contributed by atoms with Crippen LogP contribution < -0.4 is 48.4 Å². The third-order valence-electron chi connectivity index (χ3n) is 15.4. The molecule has 28 nitrogen and oxygen atoms in total. The molecule has 0 aromatic heterocycles. The predicted octanol–water partition coefficient (Wildman–Crippen LogP) is 2.75. The first-order valence-electron chi connectivity index (χ1n) is 28.7. The lowest BCUT2D eigenvalue weighted by Crippen LogP contribution is -2.51. The highest BCUT2D eigenvalue weighted by atomic mass is 32.2. The molecule has 1 fully saturated rings. The quantitative estimate of drug-likeness (QED) is 0.0133. The van der Waals surface area contributed by atoms with Crippen molar-refractivity contribution in [3.05, 3.63) is 107 Å². The second kappa shape index (κ2) is 30.1. The highest BCUT2D eigenvalue weighted by Crippen LogP contribution is 2.46. The molecule has 0 unspecified atom stereocenters. The van der Waals surface area contributed by atoms with E-state index in [0.29, 0.717) is 51.5 Å². The normalized spacial score (nSPS) is 15.2. The van der Waals surface area contributed by atoms with Gasteiger partial charge < -0.3 is 67.0 Å². The van der Waals surface area contributed by atoms with Crippen molar-refractivity contribution in [3.63, 3.8) is 0 Å². The van der Waals surface area contributed by atoms with Crippen molar-refractivity contribution in [1.82, 2.24) is 31.9 Å². The summed E-state index contributed by atoms with van der Waals surface area (Å²) in [6, 6.07) is 16.5. The number of aromatic carboxylic acids is 1. The number of carbonyl (C=O) groups excluding carboxylic acids is 5. The summed E-state index contributed by atoms with van der Waals surface area (Å²) in [5.41, 5.74) is 4.21. The van der Waals surface area contributed by atoms with Gasteiger partial charge in [0.25, 0.3) is 5.91 Å². The van der Waals surface area contributed by atoms with Crippen LogP contribution in [0.3, 0.4) is 0 Å². The van der Waals surface area contributed by atoms with E-state index < -0.39 is 137 Å². The third kappa shape index (κ3) is 17.8. The summed E-state index contributed by atoms with van der Waals surface area (Å²) < 4.78 is 78.3. The predicted molar refractivity (Wildman–Crippen MR) is 320 cm³/mol. The minimum Gasteiger partial charge on any atom is -0.744 e. The largest absolute Gasteiger partial charge is 0.744 e. The highest BCUT2D eigenvalue weighted by molar-refractivity contribution is 7.86. The Labute approximate surface area is 514 Å². The van der Waals surface area contributed by atoms with E-state index >= 15 is 0 Å². The summed E-state index contributed by atoms with van der Waals surface area (Å²) >= 11 is 0. The molecule has 3 aliphatic rings. The van der Waals surface area contributed by atoms with Gasteiger partial charge in [0.15, 0.2) is 11.3 Å². The van der Waals surface area contributed by atoms with Gasteiger partial charge in [0.2, 0.25) is 28.0 Å². The Kier molecular flexibility index (Phi) is 22.8. The Morgan fingerprint density at radius 1 is 0.667 bits per heavy atom. The molecule has 3 atom stereocenters. The second-order valence-corrected chi connectivity index (χ2v) is 24.5. The summed E-state index contributed by atoms with van der Waals surface area (Å²) in [6.45, 7) is 0.615. The maximum atomic E-state index is 13.8. The van der Waals surface area contributed by atoms with Gasteiger partial charge in [0.05, 0.1) is 11.3 Å². The number of nitrogens with two attached hydrogens (primary N) is 2. The first-order valence-corrected chi connectivity index (χ1v) is 31.5. The smallest absolute Gasteiger partial charge is 0.336 e. The molecule has 480 valence electrons. The van der Waals surface area contributed by atoms with Crippen LogP contribution in [0.25, 0.3) is 44.2 Å². The second-order valence-electron chi connectivity index (χ2n) is 21.8. The summed E-state index contributed by atoms with van der Waals surface area (Å²) in [5, 5.41) is 61.1. The SMILES string of the molecule is Nc1ccc2c(-c3ccc(C(=O)NCCCCCC(=O)NCC4CCC(C(=O)N[C@@H](Cc5ccc6ccccc6c5)C(=O)NCCCC[C@H](NC(=O)N[C@@H](CCC(=O)O)C(=O)O)C(=O)O)CC4)cc3C(=O)O)c3ccc(=[NH2+])c(S(=O)(=O)O)c-3oc2c1S(=O)(=O)[O-]. The molecule has 7 rings (SSSR count). The van der Waals surface area contributed by atoms with Crippen molar-refractivity contribution in [2.45, 2.75) is 118 Å². The monoisotopic (exact) mass is 1280 g/mol. The first kappa shape index (κ1) is 68.0. The van der Waals surface area contributed by atoms with E-state index in [0.717, 1.165) is 34.5 Å². The van der Waals surface area contributed by atoms with Crippen molar-refractivity contribution >= 4 is 101 Å². The van der Waals surface area contributed by atoms with Crippen LogP contribution in [0, 0.1) is 11.8 Å². The molecule has 1 saturated carbocycles. The number of benzene rings is 5. The Bertz CT molecular complexity index is 4020. The Balaban J connectivity index is 0.865. The summed E-state index contributed by atoms with van der Waals surface area (Å²) in [7, 11) is -10.6. The lowest BCUT2D eigenvalue weighted by molar-refractivity contribution is -0.176. The number of nitrogens with one attached hydrogen (secondary N) is 6. The maximum absolute atomic E-state index is 13.8. The van der Waals surface area contributed by atoms with Gasteiger partial charge in [-0.2, -0.15) is 8.42 Å². The molecular formula is C60H68N8O20S2. The molecule has 15 N–H and O–H groups in total. The number of anilines is 1. The lowest BCUT2D eigenvalue weighted by Gasteiger charge is -2.29. The summed E-state index contributed by atoms with van der Waals surface area (Å²) in [4.78, 5) is 111. The number of urea groups is 1. The van der Waals surface area contributed by atoms with Gasteiger partial charge in [-0.25, -0.2) is 27.6 Å². The number of aliphatic carboxylic acids is 3. The Morgan fingerprint density at radius 2 is 1.32 bits per heavy atom. The zero-order valence-corrected chi connectivity index (χ0v) is 50.0. The van der Waals surface area contributed by atoms with E-state index in [-0.39, 0.29) is 90.6 Å². The van der Waals surface area contributed by atoms with Crippen LogP contribution in [-0.4, -0.2) is 138 Å². The molecular weight excluding hydrogens is 1220 g/mol. The molecule has 1 heterocycles. The summed E-state index contributed by atoms with van der Waals surface area (Å²) in [6.07, 6.45) is 3.49. The van der Waals surface area contributed by atoms with Gasteiger partial charge in [-0.3, -0.25) is 33.9 Å².